The van der Waals surface area contributed by atoms with Gasteiger partial charge in [-0.05, 0) is 47.8 Å². The van der Waals surface area contributed by atoms with E-state index in [0.717, 1.165) is 12.8 Å². The Morgan fingerprint density at radius 2 is 2.19 bits per heavy atom. The molecule has 0 heterocycles. The summed E-state index contributed by atoms with van der Waals surface area (Å²) in [7, 11) is 0. The van der Waals surface area contributed by atoms with Gasteiger partial charge in [-0.15, -0.1) is 0 Å². The maximum absolute atomic E-state index is 9.45. The van der Waals surface area contributed by atoms with Gasteiger partial charge in [-0.2, -0.15) is 0 Å². The average Bonchev–Trinajstić information content (AvgIpc) is 2.29. The lowest BCUT2D eigenvalue weighted by Crippen LogP contribution is -2.32. The second kappa shape index (κ2) is 4.50. The highest BCUT2D eigenvalue weighted by atomic mass is 79.9. The first kappa shape index (κ1) is 12.1. The number of benzene rings is 1. The van der Waals surface area contributed by atoms with Gasteiger partial charge in [0.25, 0.3) is 0 Å². The van der Waals surface area contributed by atoms with Crippen molar-refractivity contribution in [1.29, 1.82) is 0 Å². The summed E-state index contributed by atoms with van der Waals surface area (Å²) < 4.78 is 1.23. The van der Waals surface area contributed by atoms with E-state index in [1.54, 1.807) is 0 Å². The molecule has 1 N–H and O–H groups in total. The van der Waals surface area contributed by atoms with Crippen molar-refractivity contribution in [2.75, 3.05) is 6.61 Å². The van der Waals surface area contributed by atoms with Gasteiger partial charge in [0, 0.05) is 11.1 Å². The quantitative estimate of drug-likeness (QED) is 0.879. The first-order chi connectivity index (χ1) is 7.54. The molecule has 88 valence electrons. The van der Waals surface area contributed by atoms with Crippen molar-refractivity contribution >= 4 is 15.9 Å². The first-order valence-corrected chi connectivity index (χ1v) is 6.71. The fraction of sp³-hybridized carbons (Fsp3) is 0.571. The molecule has 1 aliphatic carbocycles. The zero-order valence-electron chi connectivity index (χ0n) is 9.96. The van der Waals surface area contributed by atoms with Crippen molar-refractivity contribution in [3.8, 4) is 0 Å². The van der Waals surface area contributed by atoms with Gasteiger partial charge < -0.3 is 5.11 Å². The summed E-state index contributed by atoms with van der Waals surface area (Å²) in [5, 5.41) is 9.45. The van der Waals surface area contributed by atoms with Gasteiger partial charge >= 0.3 is 0 Å². The fourth-order valence-corrected chi connectivity index (χ4v) is 3.11. The molecule has 16 heavy (non-hydrogen) atoms. The number of hydrogen-bond donors (Lipinski definition) is 1. The van der Waals surface area contributed by atoms with Gasteiger partial charge in [0.2, 0.25) is 0 Å². The maximum Gasteiger partial charge on any atom is 0.0484 e. The predicted molar refractivity (Wildman–Crippen MR) is 70.5 cm³/mol. The minimum atomic E-state index is 0.0347. The Hall–Kier alpha value is -0.340. The van der Waals surface area contributed by atoms with Crippen molar-refractivity contribution in [1.82, 2.24) is 0 Å². The van der Waals surface area contributed by atoms with E-state index in [1.165, 1.54) is 22.0 Å². The van der Waals surface area contributed by atoms with Crippen LogP contribution in [0.5, 0.6) is 0 Å². The second-order valence-electron chi connectivity index (χ2n) is 5.46. The lowest BCUT2D eigenvalue weighted by molar-refractivity contribution is 0.0874. The largest absolute Gasteiger partial charge is 0.396 e. The van der Waals surface area contributed by atoms with Gasteiger partial charge in [0.15, 0.2) is 0 Å². The minimum Gasteiger partial charge on any atom is -0.396 e. The number of aliphatic hydroxyl groups excluding tert-OH is 1. The van der Waals surface area contributed by atoms with E-state index >= 15 is 0 Å². The molecule has 1 atom stereocenters. The van der Waals surface area contributed by atoms with Crippen LogP contribution in [-0.2, 0) is 12.8 Å². The van der Waals surface area contributed by atoms with Crippen molar-refractivity contribution in [2.24, 2.45) is 11.3 Å². The number of aliphatic hydroxyl groups is 1. The van der Waals surface area contributed by atoms with Crippen LogP contribution in [0, 0.1) is 11.3 Å². The SMILES string of the molecule is CC(C)(CO)C1CCc2cccc(Br)c2C1. The van der Waals surface area contributed by atoms with Crippen LogP contribution in [0.1, 0.15) is 31.4 Å². The molecule has 1 aliphatic rings. The highest BCUT2D eigenvalue weighted by molar-refractivity contribution is 9.10. The van der Waals surface area contributed by atoms with Gasteiger partial charge in [-0.25, -0.2) is 0 Å². The van der Waals surface area contributed by atoms with Crippen LogP contribution >= 0.6 is 15.9 Å². The molecule has 2 heteroatoms. The number of rotatable bonds is 2. The summed E-state index contributed by atoms with van der Waals surface area (Å²) in [5.74, 6) is 0.587. The molecule has 0 spiro atoms. The normalized spacial score (nSPS) is 20.6. The lowest BCUT2D eigenvalue weighted by Gasteiger charge is -2.36. The fourth-order valence-electron chi connectivity index (χ4n) is 2.54. The Morgan fingerprint density at radius 3 is 2.88 bits per heavy atom. The zero-order valence-corrected chi connectivity index (χ0v) is 11.5. The van der Waals surface area contributed by atoms with Gasteiger partial charge in [-0.3, -0.25) is 0 Å². The Morgan fingerprint density at radius 1 is 1.44 bits per heavy atom. The number of hydrogen-bond acceptors (Lipinski definition) is 1. The van der Waals surface area contributed by atoms with E-state index in [9.17, 15) is 5.11 Å². The highest BCUT2D eigenvalue weighted by Gasteiger charge is 2.32. The lowest BCUT2D eigenvalue weighted by atomic mass is 9.70. The molecule has 0 fully saturated rings. The third-order valence-electron chi connectivity index (χ3n) is 3.94. The predicted octanol–water partition coefficient (Wildman–Crippen LogP) is 3.57. The summed E-state index contributed by atoms with van der Waals surface area (Å²) >= 11 is 3.64. The number of aryl methyl sites for hydroxylation is 1. The van der Waals surface area contributed by atoms with Crippen LogP contribution in [0.3, 0.4) is 0 Å². The van der Waals surface area contributed by atoms with E-state index < -0.39 is 0 Å². The topological polar surface area (TPSA) is 20.2 Å². The van der Waals surface area contributed by atoms with Crippen LogP contribution in [0.25, 0.3) is 0 Å². The molecule has 0 aliphatic heterocycles. The van der Waals surface area contributed by atoms with Crippen LogP contribution in [0.4, 0.5) is 0 Å². The zero-order chi connectivity index (χ0) is 11.8. The second-order valence-corrected chi connectivity index (χ2v) is 6.32. The van der Waals surface area contributed by atoms with Crippen LogP contribution in [0.15, 0.2) is 22.7 Å². The molecule has 0 amide bonds. The third-order valence-corrected chi connectivity index (χ3v) is 4.68. The molecule has 0 radical (unpaired) electrons. The smallest absolute Gasteiger partial charge is 0.0484 e. The molecule has 0 saturated carbocycles. The monoisotopic (exact) mass is 282 g/mol. The van der Waals surface area contributed by atoms with Gasteiger partial charge in [0.05, 0.1) is 0 Å². The van der Waals surface area contributed by atoms with Crippen LogP contribution < -0.4 is 0 Å². The highest BCUT2D eigenvalue weighted by Crippen LogP contribution is 2.39. The molecule has 1 nitrogen and oxygen atoms in total. The summed E-state index contributed by atoms with van der Waals surface area (Å²) in [6.45, 7) is 4.61. The molecule has 1 aromatic carbocycles. The molecular weight excluding hydrogens is 264 g/mol. The average molecular weight is 283 g/mol. The molecular formula is C14H19BrO. The molecule has 0 saturated heterocycles. The Balaban J connectivity index is 2.27. The molecule has 2 rings (SSSR count). The van der Waals surface area contributed by atoms with E-state index in [4.69, 9.17) is 0 Å². The number of halogens is 1. The summed E-state index contributed by atoms with van der Waals surface area (Å²) in [6.07, 6.45) is 3.42. The Labute approximate surface area is 106 Å². The van der Waals surface area contributed by atoms with Crippen molar-refractivity contribution in [2.45, 2.75) is 33.1 Å². The Bertz CT molecular complexity index is 384. The number of fused-ring (bicyclic) bond motifs is 1. The van der Waals surface area contributed by atoms with Crippen molar-refractivity contribution in [3.05, 3.63) is 33.8 Å². The third kappa shape index (κ3) is 2.18. The molecule has 0 aromatic heterocycles. The summed E-state index contributed by atoms with van der Waals surface area (Å²) in [4.78, 5) is 0. The Kier molecular flexibility index (Phi) is 3.41. The van der Waals surface area contributed by atoms with Crippen molar-refractivity contribution in [3.63, 3.8) is 0 Å². The van der Waals surface area contributed by atoms with E-state index in [0.29, 0.717) is 5.92 Å². The molecule has 1 aromatic rings. The standard InChI is InChI=1S/C14H19BrO/c1-14(2,9-16)11-7-6-10-4-3-5-13(15)12(10)8-11/h3-5,11,16H,6-9H2,1-2H3. The van der Waals surface area contributed by atoms with Gasteiger partial charge in [-0.1, -0.05) is 41.9 Å². The first-order valence-electron chi connectivity index (χ1n) is 5.92. The molecule has 1 unspecified atom stereocenters. The summed E-state index contributed by atoms with van der Waals surface area (Å²) in [5.41, 5.74) is 2.95. The summed E-state index contributed by atoms with van der Waals surface area (Å²) in [6, 6.07) is 6.45. The van der Waals surface area contributed by atoms with Gasteiger partial charge in [0.1, 0.15) is 0 Å². The van der Waals surface area contributed by atoms with E-state index in [2.05, 4.69) is 48.0 Å². The van der Waals surface area contributed by atoms with Crippen LogP contribution in [0.2, 0.25) is 0 Å². The van der Waals surface area contributed by atoms with Crippen LogP contribution in [-0.4, -0.2) is 11.7 Å². The van der Waals surface area contributed by atoms with Crippen molar-refractivity contribution < 1.29 is 5.11 Å². The molecule has 0 bridgehead atoms. The minimum absolute atomic E-state index is 0.0347. The van der Waals surface area contributed by atoms with E-state index in [1.807, 2.05) is 0 Å². The maximum atomic E-state index is 9.45. The van der Waals surface area contributed by atoms with E-state index in [-0.39, 0.29) is 12.0 Å².